The number of benzene rings is 1. The molecule has 2 atom stereocenters. The van der Waals surface area contributed by atoms with Gasteiger partial charge in [-0.25, -0.2) is 0 Å². The Balaban J connectivity index is 2.09. The summed E-state index contributed by atoms with van der Waals surface area (Å²) in [6, 6.07) is 6.99. The predicted molar refractivity (Wildman–Crippen MR) is 63.9 cm³/mol. The van der Waals surface area contributed by atoms with E-state index in [0.717, 1.165) is 17.9 Å². The molecule has 2 rings (SSSR count). The summed E-state index contributed by atoms with van der Waals surface area (Å²) in [6.45, 7) is 6.89. The zero-order valence-electron chi connectivity index (χ0n) is 10.1. The van der Waals surface area contributed by atoms with Gasteiger partial charge in [0, 0.05) is 12.1 Å². The van der Waals surface area contributed by atoms with E-state index < -0.39 is 0 Å². The van der Waals surface area contributed by atoms with Crippen LogP contribution in [0.4, 0.5) is 0 Å². The van der Waals surface area contributed by atoms with Crippen LogP contribution in [0.3, 0.4) is 0 Å². The van der Waals surface area contributed by atoms with Gasteiger partial charge in [-0.05, 0) is 38.0 Å². The summed E-state index contributed by atoms with van der Waals surface area (Å²) in [5.41, 5.74) is 1.24. The second kappa shape index (κ2) is 4.74. The van der Waals surface area contributed by atoms with E-state index in [1.807, 2.05) is 6.07 Å². The number of rotatable bonds is 4. The van der Waals surface area contributed by atoms with Crippen molar-refractivity contribution < 1.29 is 9.47 Å². The number of nitrogens with one attached hydrogen (secondary N) is 1. The lowest BCUT2D eigenvalue weighted by Crippen LogP contribution is -2.28. The molecule has 3 heteroatoms. The normalized spacial score (nSPS) is 17.2. The first-order chi connectivity index (χ1) is 7.70. The monoisotopic (exact) mass is 221 g/mol. The summed E-state index contributed by atoms with van der Waals surface area (Å²) in [7, 11) is 0. The minimum Gasteiger partial charge on any atom is -0.454 e. The average molecular weight is 221 g/mol. The molecule has 1 N–H and O–H groups in total. The van der Waals surface area contributed by atoms with Crippen LogP contribution >= 0.6 is 0 Å². The molecule has 0 saturated heterocycles. The fourth-order valence-corrected chi connectivity index (χ4v) is 1.82. The summed E-state index contributed by atoms with van der Waals surface area (Å²) < 4.78 is 10.7. The van der Waals surface area contributed by atoms with Crippen molar-refractivity contribution in [3.05, 3.63) is 23.8 Å². The number of hydrogen-bond donors (Lipinski definition) is 1. The lowest BCUT2D eigenvalue weighted by molar-refractivity contribution is 0.174. The van der Waals surface area contributed by atoms with E-state index in [4.69, 9.17) is 9.47 Å². The number of ether oxygens (including phenoxy) is 2. The van der Waals surface area contributed by atoms with Crippen LogP contribution in [0.25, 0.3) is 0 Å². The third-order valence-electron chi connectivity index (χ3n) is 3.04. The van der Waals surface area contributed by atoms with Gasteiger partial charge in [-0.2, -0.15) is 0 Å². The first-order valence-corrected chi connectivity index (χ1v) is 5.86. The standard InChI is InChI=1S/C13H19NO2/c1-4-9(2)14-10(3)11-5-6-12-13(7-11)16-8-15-12/h5-7,9-10,14H,4,8H2,1-3H3. The maximum absolute atomic E-state index is 5.37. The van der Waals surface area contributed by atoms with Gasteiger partial charge in [0.15, 0.2) is 11.5 Å². The first-order valence-electron chi connectivity index (χ1n) is 5.86. The molecule has 1 heterocycles. The van der Waals surface area contributed by atoms with Crippen LogP contribution in [-0.4, -0.2) is 12.8 Å². The maximum atomic E-state index is 5.37. The van der Waals surface area contributed by atoms with E-state index in [-0.39, 0.29) is 0 Å². The first kappa shape index (κ1) is 11.3. The fourth-order valence-electron chi connectivity index (χ4n) is 1.82. The minimum absolute atomic E-state index is 0.337. The Labute approximate surface area is 96.8 Å². The van der Waals surface area contributed by atoms with Crippen molar-refractivity contribution in [2.75, 3.05) is 6.79 Å². The van der Waals surface area contributed by atoms with Gasteiger partial charge < -0.3 is 14.8 Å². The van der Waals surface area contributed by atoms with Crippen molar-refractivity contribution in [3.8, 4) is 11.5 Å². The summed E-state index contributed by atoms with van der Waals surface area (Å²) in [6.07, 6.45) is 1.13. The molecule has 1 aromatic carbocycles. The Hall–Kier alpha value is -1.22. The van der Waals surface area contributed by atoms with E-state index in [0.29, 0.717) is 18.9 Å². The van der Waals surface area contributed by atoms with Gasteiger partial charge in [0.05, 0.1) is 0 Å². The number of hydrogen-bond acceptors (Lipinski definition) is 3. The van der Waals surface area contributed by atoms with Crippen molar-refractivity contribution in [2.45, 2.75) is 39.3 Å². The number of fused-ring (bicyclic) bond motifs is 1. The summed E-state index contributed by atoms with van der Waals surface area (Å²) in [5.74, 6) is 1.70. The van der Waals surface area contributed by atoms with E-state index >= 15 is 0 Å². The second-order valence-electron chi connectivity index (χ2n) is 4.31. The zero-order valence-corrected chi connectivity index (χ0v) is 10.1. The molecule has 1 aromatic rings. The average Bonchev–Trinajstić information content (AvgIpc) is 2.75. The van der Waals surface area contributed by atoms with E-state index in [2.05, 4.69) is 38.2 Å². The molecule has 0 bridgehead atoms. The summed E-state index contributed by atoms with van der Waals surface area (Å²) >= 11 is 0. The van der Waals surface area contributed by atoms with Crippen molar-refractivity contribution in [2.24, 2.45) is 0 Å². The molecule has 0 aliphatic carbocycles. The fraction of sp³-hybridized carbons (Fsp3) is 0.538. The lowest BCUT2D eigenvalue weighted by atomic mass is 10.1. The molecule has 0 aromatic heterocycles. The van der Waals surface area contributed by atoms with Gasteiger partial charge in [0.2, 0.25) is 6.79 Å². The molecule has 0 radical (unpaired) electrons. The van der Waals surface area contributed by atoms with Crippen molar-refractivity contribution in [3.63, 3.8) is 0 Å². The highest BCUT2D eigenvalue weighted by Crippen LogP contribution is 2.34. The second-order valence-corrected chi connectivity index (χ2v) is 4.31. The van der Waals surface area contributed by atoms with Gasteiger partial charge in [0.25, 0.3) is 0 Å². The third kappa shape index (κ3) is 2.30. The third-order valence-corrected chi connectivity index (χ3v) is 3.04. The highest BCUT2D eigenvalue weighted by molar-refractivity contribution is 5.45. The molecule has 2 unspecified atom stereocenters. The molecule has 1 aliphatic heterocycles. The quantitative estimate of drug-likeness (QED) is 0.848. The molecule has 16 heavy (non-hydrogen) atoms. The van der Waals surface area contributed by atoms with Crippen LogP contribution in [-0.2, 0) is 0 Å². The molecule has 1 aliphatic rings. The van der Waals surface area contributed by atoms with Crippen LogP contribution in [0.15, 0.2) is 18.2 Å². The molecular weight excluding hydrogens is 202 g/mol. The SMILES string of the molecule is CCC(C)NC(C)c1ccc2c(c1)OCO2. The summed E-state index contributed by atoms with van der Waals surface area (Å²) in [4.78, 5) is 0. The minimum atomic E-state index is 0.337. The molecule has 88 valence electrons. The van der Waals surface area contributed by atoms with Crippen molar-refractivity contribution in [1.29, 1.82) is 0 Å². The van der Waals surface area contributed by atoms with Gasteiger partial charge in [-0.15, -0.1) is 0 Å². The predicted octanol–water partition coefficient (Wildman–Crippen LogP) is 2.86. The topological polar surface area (TPSA) is 30.5 Å². The lowest BCUT2D eigenvalue weighted by Gasteiger charge is -2.19. The van der Waals surface area contributed by atoms with Crippen LogP contribution in [0.1, 0.15) is 38.8 Å². The van der Waals surface area contributed by atoms with Crippen LogP contribution < -0.4 is 14.8 Å². The van der Waals surface area contributed by atoms with E-state index in [9.17, 15) is 0 Å². The van der Waals surface area contributed by atoms with Gasteiger partial charge in [0.1, 0.15) is 0 Å². The Morgan fingerprint density at radius 3 is 2.75 bits per heavy atom. The highest BCUT2D eigenvalue weighted by Gasteiger charge is 2.16. The van der Waals surface area contributed by atoms with Gasteiger partial charge in [-0.1, -0.05) is 13.0 Å². The van der Waals surface area contributed by atoms with E-state index in [1.54, 1.807) is 0 Å². The molecule has 0 saturated carbocycles. The largest absolute Gasteiger partial charge is 0.454 e. The Morgan fingerprint density at radius 2 is 2.00 bits per heavy atom. The molecule has 0 spiro atoms. The van der Waals surface area contributed by atoms with Gasteiger partial charge in [-0.3, -0.25) is 0 Å². The Bertz CT molecular complexity index is 365. The zero-order chi connectivity index (χ0) is 11.5. The molecular formula is C13H19NO2. The highest BCUT2D eigenvalue weighted by atomic mass is 16.7. The van der Waals surface area contributed by atoms with Crippen molar-refractivity contribution in [1.82, 2.24) is 5.32 Å². The molecule has 0 fully saturated rings. The Morgan fingerprint density at radius 1 is 1.25 bits per heavy atom. The van der Waals surface area contributed by atoms with E-state index in [1.165, 1.54) is 5.56 Å². The molecule has 0 amide bonds. The maximum Gasteiger partial charge on any atom is 0.231 e. The van der Waals surface area contributed by atoms with Crippen LogP contribution in [0.5, 0.6) is 11.5 Å². The smallest absolute Gasteiger partial charge is 0.231 e. The van der Waals surface area contributed by atoms with Crippen molar-refractivity contribution >= 4 is 0 Å². The van der Waals surface area contributed by atoms with Crippen LogP contribution in [0, 0.1) is 0 Å². The van der Waals surface area contributed by atoms with Crippen LogP contribution in [0.2, 0.25) is 0 Å². The summed E-state index contributed by atoms with van der Waals surface area (Å²) in [5, 5.41) is 3.54. The van der Waals surface area contributed by atoms with Gasteiger partial charge >= 0.3 is 0 Å². The molecule has 3 nitrogen and oxygen atoms in total. The Kier molecular flexibility index (Phi) is 3.34.